The monoisotopic (exact) mass is 471 g/mol. The molecule has 0 aliphatic heterocycles. The van der Waals surface area contributed by atoms with E-state index in [0.717, 1.165) is 0 Å². The highest BCUT2D eigenvalue weighted by atomic mass is 35.5. The summed E-state index contributed by atoms with van der Waals surface area (Å²) in [6.45, 7) is 1.76. The minimum atomic E-state index is -1.13. The minimum Gasteiger partial charge on any atom is -0.342 e. The van der Waals surface area contributed by atoms with E-state index in [1.165, 1.54) is 23.0 Å². The number of carbonyl (C=O) groups is 1. The number of aromatic nitrogens is 4. The molecule has 3 aromatic rings. The fourth-order valence-electron chi connectivity index (χ4n) is 2.58. The third kappa shape index (κ3) is 5.54. The third-order valence-corrected chi connectivity index (χ3v) is 5.12. The van der Waals surface area contributed by atoms with E-state index in [-0.39, 0.29) is 11.7 Å². The molecule has 0 aliphatic rings. The highest BCUT2D eigenvalue weighted by Crippen LogP contribution is 2.21. The summed E-state index contributed by atoms with van der Waals surface area (Å²) in [4.78, 5) is 21.3. The van der Waals surface area contributed by atoms with Crippen LogP contribution in [-0.4, -0.2) is 36.1 Å². The van der Waals surface area contributed by atoms with Crippen molar-refractivity contribution in [2.75, 3.05) is 6.26 Å². The van der Waals surface area contributed by atoms with E-state index in [2.05, 4.69) is 20.4 Å². The van der Waals surface area contributed by atoms with Gasteiger partial charge >= 0.3 is 0 Å². The number of rotatable bonds is 6. The maximum Gasteiger partial charge on any atom is 0.251 e. The van der Waals surface area contributed by atoms with Gasteiger partial charge < -0.3 is 5.32 Å². The molecular formula is C18H16Cl3N5O2S. The Hall–Kier alpha value is -2.00. The van der Waals surface area contributed by atoms with E-state index in [1.54, 1.807) is 31.4 Å². The smallest absolute Gasteiger partial charge is 0.251 e. The Balaban J connectivity index is 1.92. The molecule has 0 spiro atoms. The van der Waals surface area contributed by atoms with Gasteiger partial charge in [-0.05, 0) is 37.3 Å². The Morgan fingerprint density at radius 3 is 2.45 bits per heavy atom. The molecule has 7 nitrogen and oxygen atoms in total. The summed E-state index contributed by atoms with van der Waals surface area (Å²) in [7, 11) is -1.13. The fraction of sp³-hybridized carbons (Fsp3) is 0.222. The molecule has 0 saturated heterocycles. The van der Waals surface area contributed by atoms with Crippen LogP contribution in [0.15, 0.2) is 36.5 Å². The van der Waals surface area contributed by atoms with E-state index in [4.69, 9.17) is 34.8 Å². The van der Waals surface area contributed by atoms with Crippen LogP contribution in [0.25, 0.3) is 5.82 Å². The first-order valence-electron chi connectivity index (χ1n) is 8.37. The first-order valence-corrected chi connectivity index (χ1v) is 11.2. The van der Waals surface area contributed by atoms with Gasteiger partial charge in [0.15, 0.2) is 17.5 Å². The average Bonchev–Trinajstić information content (AvgIpc) is 3.04. The van der Waals surface area contributed by atoms with E-state index in [9.17, 15) is 9.00 Å². The van der Waals surface area contributed by atoms with Gasteiger partial charge in [0.05, 0.1) is 16.8 Å². The zero-order valence-corrected chi connectivity index (χ0v) is 18.5. The number of benzene rings is 1. The highest BCUT2D eigenvalue weighted by Gasteiger charge is 2.21. The summed E-state index contributed by atoms with van der Waals surface area (Å²) in [6.07, 6.45) is 3.05. The van der Waals surface area contributed by atoms with Gasteiger partial charge in [0.25, 0.3) is 5.91 Å². The molecule has 3 rings (SSSR count). The molecule has 0 bridgehead atoms. The molecule has 11 heteroatoms. The Bertz CT molecular complexity index is 1050. The van der Waals surface area contributed by atoms with Crippen molar-refractivity contribution in [2.45, 2.75) is 18.7 Å². The van der Waals surface area contributed by atoms with Crippen LogP contribution in [0.3, 0.4) is 0 Å². The van der Waals surface area contributed by atoms with Crippen LogP contribution in [0.1, 0.15) is 35.0 Å². The lowest BCUT2D eigenvalue weighted by atomic mass is 10.2. The topological polar surface area (TPSA) is 89.8 Å². The largest absolute Gasteiger partial charge is 0.342 e. The first-order chi connectivity index (χ1) is 13.7. The predicted octanol–water partition coefficient (Wildman–Crippen LogP) is 3.99. The summed E-state index contributed by atoms with van der Waals surface area (Å²) in [5, 5.41) is 8.43. The van der Waals surface area contributed by atoms with Gasteiger partial charge in [0.2, 0.25) is 0 Å². The number of hydrogen-bond donors (Lipinski definition) is 1. The van der Waals surface area contributed by atoms with Crippen molar-refractivity contribution in [3.8, 4) is 5.82 Å². The molecule has 0 aliphatic carbocycles. The molecule has 2 atom stereocenters. The lowest BCUT2D eigenvalue weighted by Gasteiger charge is -2.14. The maximum atomic E-state index is 12.6. The molecule has 1 N–H and O–H groups in total. The molecule has 2 heterocycles. The number of carbonyl (C=O) groups excluding carboxylic acids is 1. The molecular weight excluding hydrogens is 457 g/mol. The fourth-order valence-corrected chi connectivity index (χ4v) is 3.71. The number of nitrogens with one attached hydrogen (secondary N) is 1. The normalized spacial score (nSPS) is 13.1. The van der Waals surface area contributed by atoms with Gasteiger partial charge in [0, 0.05) is 38.9 Å². The zero-order valence-electron chi connectivity index (χ0n) is 15.4. The van der Waals surface area contributed by atoms with Crippen LogP contribution in [0.2, 0.25) is 15.1 Å². The van der Waals surface area contributed by atoms with E-state index < -0.39 is 16.8 Å². The standard InChI is InChI=1S/C18H16Cl3N5O2S/c1-10(23-18(27)11-5-13(20)7-14(21)6-11)17-24-15(9-29(2)28)25-26(17)16-4-3-12(19)8-22-16/h3-8,10H,9H2,1-2H3,(H,23,27). The summed E-state index contributed by atoms with van der Waals surface area (Å²) in [5.41, 5.74) is 0.319. The molecule has 0 radical (unpaired) electrons. The Labute approximate surface area is 184 Å². The number of halogens is 3. The van der Waals surface area contributed by atoms with Gasteiger partial charge in [-0.1, -0.05) is 34.8 Å². The van der Waals surface area contributed by atoms with Crippen molar-refractivity contribution in [3.05, 3.63) is 68.8 Å². The van der Waals surface area contributed by atoms with Crippen LogP contribution in [0.5, 0.6) is 0 Å². The van der Waals surface area contributed by atoms with Crippen molar-refractivity contribution >= 4 is 51.5 Å². The van der Waals surface area contributed by atoms with Crippen molar-refractivity contribution in [1.29, 1.82) is 0 Å². The molecule has 152 valence electrons. The van der Waals surface area contributed by atoms with Crippen LogP contribution in [-0.2, 0) is 16.6 Å². The lowest BCUT2D eigenvalue weighted by molar-refractivity contribution is 0.0938. The minimum absolute atomic E-state index is 0.179. The Morgan fingerprint density at radius 2 is 1.86 bits per heavy atom. The summed E-state index contributed by atoms with van der Waals surface area (Å²) < 4.78 is 13.1. The van der Waals surface area contributed by atoms with E-state index >= 15 is 0 Å². The summed E-state index contributed by atoms with van der Waals surface area (Å²) in [5.74, 6) is 1.09. The van der Waals surface area contributed by atoms with Crippen molar-refractivity contribution in [1.82, 2.24) is 25.1 Å². The van der Waals surface area contributed by atoms with E-state index in [0.29, 0.717) is 38.1 Å². The second kappa shape index (κ2) is 9.21. The molecule has 0 fully saturated rings. The summed E-state index contributed by atoms with van der Waals surface area (Å²) in [6, 6.07) is 7.40. The molecule has 2 unspecified atom stereocenters. The van der Waals surface area contributed by atoms with Crippen LogP contribution < -0.4 is 5.32 Å². The number of hydrogen-bond acceptors (Lipinski definition) is 5. The van der Waals surface area contributed by atoms with Crippen molar-refractivity contribution in [3.63, 3.8) is 0 Å². The van der Waals surface area contributed by atoms with Crippen molar-refractivity contribution in [2.24, 2.45) is 0 Å². The van der Waals surface area contributed by atoms with Crippen LogP contribution >= 0.6 is 34.8 Å². The first kappa shape index (κ1) is 21.7. The van der Waals surface area contributed by atoms with Gasteiger partial charge in [0.1, 0.15) is 0 Å². The van der Waals surface area contributed by atoms with Gasteiger partial charge in [-0.15, -0.1) is 5.10 Å². The van der Waals surface area contributed by atoms with Gasteiger partial charge in [-0.3, -0.25) is 9.00 Å². The summed E-state index contributed by atoms with van der Waals surface area (Å²) >= 11 is 17.9. The predicted molar refractivity (Wildman–Crippen MR) is 114 cm³/mol. The number of pyridine rings is 1. The quantitative estimate of drug-likeness (QED) is 0.586. The third-order valence-electron chi connectivity index (χ3n) is 3.80. The number of amides is 1. The lowest BCUT2D eigenvalue weighted by Crippen LogP contribution is -2.28. The number of nitrogens with zero attached hydrogens (tertiary/aromatic N) is 4. The van der Waals surface area contributed by atoms with Crippen LogP contribution in [0, 0.1) is 0 Å². The molecule has 29 heavy (non-hydrogen) atoms. The molecule has 0 saturated carbocycles. The Morgan fingerprint density at radius 1 is 1.17 bits per heavy atom. The van der Waals surface area contributed by atoms with Crippen molar-refractivity contribution < 1.29 is 9.00 Å². The molecule has 2 aromatic heterocycles. The second-order valence-corrected chi connectivity index (χ2v) is 8.95. The molecule has 1 amide bonds. The maximum absolute atomic E-state index is 12.6. The van der Waals surface area contributed by atoms with Gasteiger partial charge in [-0.2, -0.15) is 4.68 Å². The Kier molecular flexibility index (Phi) is 6.89. The van der Waals surface area contributed by atoms with Gasteiger partial charge in [-0.25, -0.2) is 9.97 Å². The highest BCUT2D eigenvalue weighted by molar-refractivity contribution is 7.83. The molecule has 1 aromatic carbocycles. The van der Waals surface area contributed by atoms with Crippen LogP contribution in [0.4, 0.5) is 0 Å². The zero-order chi connectivity index (χ0) is 21.1. The van der Waals surface area contributed by atoms with E-state index in [1.807, 2.05) is 0 Å². The average molecular weight is 473 g/mol. The SMILES string of the molecule is CC(NC(=O)c1cc(Cl)cc(Cl)c1)c1nc(CS(C)=O)nn1-c1ccc(Cl)cn1. The second-order valence-electron chi connectivity index (χ2n) is 6.20.